The fraction of sp³-hybridized carbons (Fsp3) is 0.300. The summed E-state index contributed by atoms with van der Waals surface area (Å²) in [4.78, 5) is 14.0. The van der Waals surface area contributed by atoms with Gasteiger partial charge < -0.3 is 10.4 Å². The predicted molar refractivity (Wildman–Crippen MR) is 58.9 cm³/mol. The number of phenolic OH excluding ortho intramolecular Hbond substituents is 1. The zero-order chi connectivity index (χ0) is 11.3. The third-order valence-corrected chi connectivity index (χ3v) is 2.06. The summed E-state index contributed by atoms with van der Waals surface area (Å²) in [6, 6.07) is 6.29. The summed E-state index contributed by atoms with van der Waals surface area (Å²) in [5.74, 6) is -0.339. The highest BCUT2D eigenvalue weighted by molar-refractivity contribution is 6.13. The standard InChI is InChI=1S/C10H13ClN2O2/c1-7(6-12-11)13-10(15)8-4-2-3-5-9(8)14/h2-5,7,12,14H,6H2,1H3,(H,13,15). The molecule has 0 fully saturated rings. The van der Waals surface area contributed by atoms with Gasteiger partial charge in [0.1, 0.15) is 5.75 Å². The summed E-state index contributed by atoms with van der Waals surface area (Å²) in [6.07, 6.45) is 0. The highest BCUT2D eigenvalue weighted by Gasteiger charge is 2.12. The Kier molecular flexibility index (Phi) is 4.39. The number of carbonyl (C=O) groups is 1. The molecule has 0 spiro atoms. The Hall–Kier alpha value is -1.26. The molecule has 0 saturated carbocycles. The van der Waals surface area contributed by atoms with E-state index in [1.54, 1.807) is 18.2 Å². The molecule has 15 heavy (non-hydrogen) atoms. The molecule has 0 aliphatic rings. The molecule has 5 heteroatoms. The minimum Gasteiger partial charge on any atom is -0.507 e. The molecule has 1 aromatic rings. The van der Waals surface area contributed by atoms with Crippen LogP contribution in [0.25, 0.3) is 0 Å². The summed E-state index contributed by atoms with van der Waals surface area (Å²) < 4.78 is 0. The number of para-hydroxylation sites is 1. The van der Waals surface area contributed by atoms with Crippen molar-refractivity contribution >= 4 is 17.7 Å². The van der Waals surface area contributed by atoms with E-state index in [1.165, 1.54) is 6.07 Å². The highest BCUT2D eigenvalue weighted by Crippen LogP contribution is 2.15. The number of carbonyl (C=O) groups excluding carboxylic acids is 1. The molecule has 1 rings (SSSR count). The lowest BCUT2D eigenvalue weighted by Gasteiger charge is -2.12. The van der Waals surface area contributed by atoms with Gasteiger partial charge in [-0.3, -0.25) is 4.79 Å². The number of halogens is 1. The van der Waals surface area contributed by atoms with Gasteiger partial charge in [-0.2, -0.15) is 0 Å². The molecule has 0 aromatic heterocycles. The number of amides is 1. The van der Waals surface area contributed by atoms with Crippen LogP contribution in [-0.4, -0.2) is 23.6 Å². The monoisotopic (exact) mass is 228 g/mol. The van der Waals surface area contributed by atoms with Crippen molar-refractivity contribution in [1.82, 2.24) is 10.2 Å². The van der Waals surface area contributed by atoms with Crippen LogP contribution in [0.4, 0.5) is 0 Å². The lowest BCUT2D eigenvalue weighted by molar-refractivity contribution is 0.0938. The Morgan fingerprint density at radius 3 is 2.80 bits per heavy atom. The van der Waals surface area contributed by atoms with Gasteiger partial charge in [0.2, 0.25) is 0 Å². The molecule has 0 saturated heterocycles. The fourth-order valence-electron chi connectivity index (χ4n) is 1.13. The number of hydrogen-bond acceptors (Lipinski definition) is 3. The largest absolute Gasteiger partial charge is 0.507 e. The second-order valence-electron chi connectivity index (χ2n) is 3.23. The fourth-order valence-corrected chi connectivity index (χ4v) is 1.37. The van der Waals surface area contributed by atoms with Crippen molar-refractivity contribution in [3.05, 3.63) is 29.8 Å². The zero-order valence-electron chi connectivity index (χ0n) is 8.33. The maximum absolute atomic E-state index is 11.6. The first-order chi connectivity index (χ1) is 7.15. The van der Waals surface area contributed by atoms with Gasteiger partial charge in [0.15, 0.2) is 0 Å². The van der Waals surface area contributed by atoms with Crippen molar-refractivity contribution in [2.45, 2.75) is 13.0 Å². The molecule has 1 aromatic carbocycles. The maximum Gasteiger partial charge on any atom is 0.255 e. The summed E-state index contributed by atoms with van der Waals surface area (Å²) in [5, 5.41) is 12.1. The van der Waals surface area contributed by atoms with E-state index in [0.717, 1.165) is 0 Å². The van der Waals surface area contributed by atoms with Crippen molar-refractivity contribution < 1.29 is 9.90 Å². The van der Waals surface area contributed by atoms with Gasteiger partial charge in [-0.15, -0.1) is 0 Å². The van der Waals surface area contributed by atoms with Gasteiger partial charge >= 0.3 is 0 Å². The van der Waals surface area contributed by atoms with Gasteiger partial charge in [-0.1, -0.05) is 12.1 Å². The van der Waals surface area contributed by atoms with Crippen LogP contribution in [0.2, 0.25) is 0 Å². The van der Waals surface area contributed by atoms with E-state index in [9.17, 15) is 9.90 Å². The Morgan fingerprint density at radius 2 is 2.20 bits per heavy atom. The topological polar surface area (TPSA) is 61.4 Å². The Balaban J connectivity index is 2.65. The normalized spacial score (nSPS) is 12.1. The molecular weight excluding hydrogens is 216 g/mol. The van der Waals surface area contributed by atoms with Crippen LogP contribution in [0.3, 0.4) is 0 Å². The van der Waals surface area contributed by atoms with E-state index in [1.807, 2.05) is 6.92 Å². The molecule has 1 unspecified atom stereocenters. The van der Waals surface area contributed by atoms with Crippen LogP contribution >= 0.6 is 11.8 Å². The lowest BCUT2D eigenvalue weighted by atomic mass is 10.2. The molecule has 0 radical (unpaired) electrons. The molecule has 0 heterocycles. The summed E-state index contributed by atoms with van der Waals surface area (Å²) in [6.45, 7) is 2.27. The second-order valence-corrected chi connectivity index (χ2v) is 3.50. The maximum atomic E-state index is 11.6. The first-order valence-corrected chi connectivity index (χ1v) is 4.95. The molecule has 0 bridgehead atoms. The van der Waals surface area contributed by atoms with E-state index in [-0.39, 0.29) is 23.3 Å². The number of benzene rings is 1. The van der Waals surface area contributed by atoms with E-state index in [2.05, 4.69) is 10.2 Å². The summed E-state index contributed by atoms with van der Waals surface area (Å²) in [5.41, 5.74) is 0.263. The van der Waals surface area contributed by atoms with E-state index in [0.29, 0.717) is 6.54 Å². The zero-order valence-corrected chi connectivity index (χ0v) is 9.08. The Labute approximate surface area is 93.4 Å². The van der Waals surface area contributed by atoms with Gasteiger partial charge in [-0.05, 0) is 30.8 Å². The summed E-state index contributed by atoms with van der Waals surface area (Å²) in [7, 11) is 0. The average molecular weight is 229 g/mol. The summed E-state index contributed by atoms with van der Waals surface area (Å²) >= 11 is 5.31. The van der Waals surface area contributed by atoms with Crippen LogP contribution in [0, 0.1) is 0 Å². The van der Waals surface area contributed by atoms with Gasteiger partial charge in [0.05, 0.1) is 5.56 Å². The van der Waals surface area contributed by atoms with Crippen molar-refractivity contribution in [2.75, 3.05) is 6.54 Å². The van der Waals surface area contributed by atoms with E-state index >= 15 is 0 Å². The van der Waals surface area contributed by atoms with Crippen LogP contribution < -0.4 is 10.2 Å². The molecule has 82 valence electrons. The van der Waals surface area contributed by atoms with Gasteiger partial charge in [-0.25, -0.2) is 4.84 Å². The molecule has 1 atom stereocenters. The van der Waals surface area contributed by atoms with Crippen LogP contribution in [-0.2, 0) is 0 Å². The molecule has 1 amide bonds. The Bertz CT molecular complexity index is 344. The minimum absolute atomic E-state index is 0.0268. The molecular formula is C10H13ClN2O2. The first kappa shape index (κ1) is 11.8. The predicted octanol–water partition coefficient (Wildman–Crippen LogP) is 1.25. The van der Waals surface area contributed by atoms with Crippen LogP contribution in [0.15, 0.2) is 24.3 Å². The number of phenols is 1. The van der Waals surface area contributed by atoms with Crippen molar-refractivity contribution in [3.8, 4) is 5.75 Å². The first-order valence-electron chi connectivity index (χ1n) is 4.57. The van der Waals surface area contributed by atoms with E-state index in [4.69, 9.17) is 11.8 Å². The van der Waals surface area contributed by atoms with Crippen molar-refractivity contribution in [3.63, 3.8) is 0 Å². The number of rotatable bonds is 4. The van der Waals surface area contributed by atoms with Crippen LogP contribution in [0.5, 0.6) is 5.75 Å². The smallest absolute Gasteiger partial charge is 0.255 e. The van der Waals surface area contributed by atoms with Crippen molar-refractivity contribution in [1.29, 1.82) is 0 Å². The second kappa shape index (κ2) is 5.58. The minimum atomic E-state index is -0.312. The quantitative estimate of drug-likeness (QED) is 0.680. The average Bonchev–Trinajstić information content (AvgIpc) is 2.18. The lowest BCUT2D eigenvalue weighted by Crippen LogP contribution is -2.37. The molecule has 4 nitrogen and oxygen atoms in total. The van der Waals surface area contributed by atoms with Crippen molar-refractivity contribution in [2.24, 2.45) is 0 Å². The third-order valence-electron chi connectivity index (χ3n) is 1.91. The van der Waals surface area contributed by atoms with E-state index < -0.39 is 0 Å². The molecule has 0 aliphatic heterocycles. The van der Waals surface area contributed by atoms with Crippen LogP contribution in [0.1, 0.15) is 17.3 Å². The van der Waals surface area contributed by atoms with Gasteiger partial charge in [0, 0.05) is 12.6 Å². The highest BCUT2D eigenvalue weighted by atomic mass is 35.5. The molecule has 3 N–H and O–H groups in total. The Morgan fingerprint density at radius 1 is 1.53 bits per heavy atom. The third kappa shape index (κ3) is 3.42. The van der Waals surface area contributed by atoms with Gasteiger partial charge in [0.25, 0.3) is 5.91 Å². The SMILES string of the molecule is CC(CNCl)NC(=O)c1ccccc1O. The number of aromatic hydroxyl groups is 1. The number of hydrogen-bond donors (Lipinski definition) is 3. The molecule has 0 aliphatic carbocycles. The number of nitrogens with one attached hydrogen (secondary N) is 2.